The highest BCUT2D eigenvalue weighted by atomic mass is 31.1. The second-order valence-corrected chi connectivity index (χ2v) is 9.65. The van der Waals surface area contributed by atoms with Crippen LogP contribution in [0.2, 0.25) is 0 Å². The summed E-state index contributed by atoms with van der Waals surface area (Å²) in [6.07, 6.45) is 4.86. The van der Waals surface area contributed by atoms with Gasteiger partial charge in [-0.2, -0.15) is 0 Å². The minimum absolute atomic E-state index is 0.0812. The standard InChI is InChI=1S/C27H26FNO5P/c1-5-34-24(31)16-23(30)27(35(32)33-4)25-21(17(2)3)15-22(18-9-7-6-8-10-18)29-26(25)19-11-13-20(28)14-12-19/h1,6-15,17,23,27,30H,16H2,2-4H3/q+1. The molecule has 180 valence electrons. The topological polar surface area (TPSA) is 85.7 Å². The minimum atomic E-state index is -2.49. The van der Waals surface area contributed by atoms with E-state index in [1.54, 1.807) is 18.2 Å². The number of aromatic nitrogens is 1. The zero-order valence-electron chi connectivity index (χ0n) is 19.6. The number of aliphatic hydroxyl groups excluding tert-OH is 1. The quantitative estimate of drug-likeness (QED) is 0.223. The average molecular weight is 494 g/mol. The Labute approximate surface area is 205 Å². The first kappa shape index (κ1) is 26.2. The van der Waals surface area contributed by atoms with Gasteiger partial charge in [0.15, 0.2) is 0 Å². The second-order valence-electron chi connectivity index (χ2n) is 8.16. The molecule has 0 fully saturated rings. The van der Waals surface area contributed by atoms with Crippen LogP contribution in [0, 0.1) is 18.3 Å². The molecular weight excluding hydrogens is 468 g/mol. The molecule has 3 aromatic rings. The maximum atomic E-state index is 13.7. The number of rotatable bonds is 9. The highest BCUT2D eigenvalue weighted by Crippen LogP contribution is 2.50. The highest BCUT2D eigenvalue weighted by Gasteiger charge is 2.45. The van der Waals surface area contributed by atoms with E-state index in [0.29, 0.717) is 22.5 Å². The fourth-order valence-electron chi connectivity index (χ4n) is 3.89. The Morgan fingerprint density at radius 2 is 1.80 bits per heavy atom. The van der Waals surface area contributed by atoms with Gasteiger partial charge in [0.25, 0.3) is 0 Å². The maximum absolute atomic E-state index is 13.7. The molecule has 3 atom stereocenters. The van der Waals surface area contributed by atoms with E-state index in [4.69, 9.17) is 15.9 Å². The van der Waals surface area contributed by atoms with Gasteiger partial charge in [-0.25, -0.2) is 9.37 Å². The molecule has 0 aliphatic carbocycles. The van der Waals surface area contributed by atoms with Crippen molar-refractivity contribution in [2.24, 2.45) is 0 Å². The van der Waals surface area contributed by atoms with E-state index in [9.17, 15) is 18.9 Å². The smallest absolute Gasteiger partial charge is 0.387 e. The fourth-order valence-corrected chi connectivity index (χ4v) is 4.99. The molecule has 6 nitrogen and oxygen atoms in total. The van der Waals surface area contributed by atoms with Gasteiger partial charge < -0.3 is 9.84 Å². The van der Waals surface area contributed by atoms with Crippen LogP contribution in [-0.2, 0) is 18.6 Å². The molecule has 3 rings (SSSR count). The summed E-state index contributed by atoms with van der Waals surface area (Å²) in [5.41, 5.74) is 2.56. The van der Waals surface area contributed by atoms with Gasteiger partial charge in [0.1, 0.15) is 18.0 Å². The highest BCUT2D eigenvalue weighted by molar-refractivity contribution is 7.39. The van der Waals surface area contributed by atoms with Crippen LogP contribution in [0.1, 0.15) is 43.0 Å². The van der Waals surface area contributed by atoms with Crippen molar-refractivity contribution < 1.29 is 28.1 Å². The third-order valence-corrected chi connectivity index (χ3v) is 6.93. The van der Waals surface area contributed by atoms with Crippen LogP contribution >= 0.6 is 8.03 Å². The Kier molecular flexibility index (Phi) is 8.84. The number of esters is 1. The number of benzene rings is 2. The van der Waals surface area contributed by atoms with Crippen LogP contribution in [0.3, 0.4) is 0 Å². The number of halogens is 1. The van der Waals surface area contributed by atoms with E-state index in [-0.39, 0.29) is 5.92 Å². The Balaban J connectivity index is 2.32. The molecule has 0 spiro atoms. The molecule has 0 amide bonds. The van der Waals surface area contributed by atoms with Crippen molar-refractivity contribution in [3.63, 3.8) is 0 Å². The van der Waals surface area contributed by atoms with Gasteiger partial charge in [-0.3, -0.25) is 4.79 Å². The Bertz CT molecular complexity index is 1240. The zero-order valence-corrected chi connectivity index (χ0v) is 20.5. The van der Waals surface area contributed by atoms with E-state index in [1.165, 1.54) is 19.2 Å². The van der Waals surface area contributed by atoms with E-state index in [1.807, 2.05) is 50.2 Å². The first-order valence-electron chi connectivity index (χ1n) is 11.0. The summed E-state index contributed by atoms with van der Waals surface area (Å²) in [4.78, 5) is 16.9. The summed E-state index contributed by atoms with van der Waals surface area (Å²) in [6, 6.07) is 17.1. The Morgan fingerprint density at radius 1 is 1.14 bits per heavy atom. The lowest BCUT2D eigenvalue weighted by Gasteiger charge is -2.22. The maximum Gasteiger partial charge on any atom is 0.518 e. The molecule has 0 bridgehead atoms. The summed E-state index contributed by atoms with van der Waals surface area (Å²) < 4.78 is 36.6. The molecule has 1 N–H and O–H groups in total. The van der Waals surface area contributed by atoms with Crippen molar-refractivity contribution in [1.29, 1.82) is 0 Å². The van der Waals surface area contributed by atoms with Gasteiger partial charge in [-0.05, 0) is 46.4 Å². The molecule has 0 saturated carbocycles. The second kappa shape index (κ2) is 11.8. The van der Waals surface area contributed by atoms with Crippen molar-refractivity contribution in [3.05, 3.63) is 77.6 Å². The van der Waals surface area contributed by atoms with Crippen molar-refractivity contribution >= 4 is 14.0 Å². The number of hydrogen-bond acceptors (Lipinski definition) is 6. The van der Waals surface area contributed by atoms with Crippen molar-refractivity contribution in [1.82, 2.24) is 4.98 Å². The lowest BCUT2D eigenvalue weighted by Crippen LogP contribution is -2.23. The largest absolute Gasteiger partial charge is 0.518 e. The van der Waals surface area contributed by atoms with E-state index < -0.39 is 38.0 Å². The minimum Gasteiger partial charge on any atom is -0.387 e. The van der Waals surface area contributed by atoms with Gasteiger partial charge in [-0.1, -0.05) is 50.6 Å². The third kappa shape index (κ3) is 6.17. The number of nitrogens with zero attached hydrogens (tertiary/aromatic N) is 1. The molecule has 1 heterocycles. The van der Waals surface area contributed by atoms with Crippen LogP contribution in [0.5, 0.6) is 0 Å². The predicted molar refractivity (Wildman–Crippen MR) is 132 cm³/mol. The summed E-state index contributed by atoms with van der Waals surface area (Å²) >= 11 is 0. The van der Waals surface area contributed by atoms with Gasteiger partial charge in [-0.15, -0.1) is 4.52 Å². The lowest BCUT2D eigenvalue weighted by atomic mass is 9.88. The van der Waals surface area contributed by atoms with Crippen LogP contribution in [0.25, 0.3) is 22.5 Å². The van der Waals surface area contributed by atoms with E-state index in [2.05, 4.69) is 4.74 Å². The number of aliphatic hydroxyl groups is 1. The van der Waals surface area contributed by atoms with Gasteiger partial charge >= 0.3 is 14.0 Å². The van der Waals surface area contributed by atoms with Crippen LogP contribution in [-0.4, -0.2) is 29.3 Å². The molecule has 0 saturated heterocycles. The summed E-state index contributed by atoms with van der Waals surface area (Å²) in [5, 5.41) is 11.0. The summed E-state index contributed by atoms with van der Waals surface area (Å²) in [7, 11) is -1.23. The number of ether oxygens (including phenoxy) is 1. The van der Waals surface area contributed by atoms with Crippen LogP contribution in [0.15, 0.2) is 60.7 Å². The lowest BCUT2D eigenvalue weighted by molar-refractivity contribution is -0.139. The molecular formula is C27H26FNO5P+. The molecule has 0 aliphatic rings. The van der Waals surface area contributed by atoms with Crippen LogP contribution in [0.4, 0.5) is 4.39 Å². The Morgan fingerprint density at radius 3 is 2.37 bits per heavy atom. The van der Waals surface area contributed by atoms with Crippen molar-refractivity contribution in [2.75, 3.05) is 7.11 Å². The first-order chi connectivity index (χ1) is 16.8. The number of pyridine rings is 1. The number of hydrogen-bond donors (Lipinski definition) is 1. The van der Waals surface area contributed by atoms with Gasteiger partial charge in [0, 0.05) is 16.7 Å². The molecule has 1 aromatic heterocycles. The molecule has 35 heavy (non-hydrogen) atoms. The van der Waals surface area contributed by atoms with Crippen molar-refractivity contribution in [2.45, 2.75) is 37.9 Å². The normalized spacial score (nSPS) is 13.1. The molecule has 8 heteroatoms. The van der Waals surface area contributed by atoms with Crippen LogP contribution < -0.4 is 0 Å². The summed E-state index contributed by atoms with van der Waals surface area (Å²) in [6.45, 7) is 3.91. The molecule has 2 aromatic carbocycles. The van der Waals surface area contributed by atoms with Gasteiger partial charge in [0.2, 0.25) is 5.66 Å². The average Bonchev–Trinajstić information content (AvgIpc) is 2.85. The number of carbonyl (C=O) groups excluding carboxylic acids is 1. The zero-order chi connectivity index (χ0) is 25.5. The molecule has 0 aliphatic heterocycles. The van der Waals surface area contributed by atoms with E-state index >= 15 is 0 Å². The SMILES string of the molecule is C#COC(=O)CC(O)C(c1c(C(C)C)cc(-c2ccccc2)nc1-c1ccc(F)cc1)[P+](=O)OC. The third-order valence-electron chi connectivity index (χ3n) is 5.52. The van der Waals surface area contributed by atoms with E-state index in [0.717, 1.165) is 11.1 Å². The van der Waals surface area contributed by atoms with Gasteiger partial charge in [0.05, 0.1) is 24.9 Å². The molecule has 3 unspecified atom stereocenters. The fraction of sp³-hybridized carbons (Fsp3) is 0.259. The monoisotopic (exact) mass is 494 g/mol. The first-order valence-corrected chi connectivity index (χ1v) is 12.2. The molecule has 0 radical (unpaired) electrons. The Hall–Kier alpha value is -3.43. The number of carbonyl (C=O) groups is 1. The summed E-state index contributed by atoms with van der Waals surface area (Å²) in [5.74, 6) is -1.34. The predicted octanol–water partition coefficient (Wildman–Crippen LogP) is 5.99. The number of terminal acetylenes is 1. The van der Waals surface area contributed by atoms with Crippen molar-refractivity contribution in [3.8, 4) is 35.0 Å².